The average Bonchev–Trinajstić information content (AvgIpc) is 3.25. The minimum Gasteiger partial charge on any atom is -0.493 e. The summed E-state index contributed by atoms with van der Waals surface area (Å²) in [5, 5.41) is 7.22. The van der Waals surface area contributed by atoms with Gasteiger partial charge in [0.05, 0.1) is 12.3 Å². The molecule has 0 fully saturated rings. The molecule has 152 valence electrons. The summed E-state index contributed by atoms with van der Waals surface area (Å²) in [7, 11) is 0. The van der Waals surface area contributed by atoms with Crippen molar-refractivity contribution in [2.75, 3.05) is 13.2 Å². The first-order valence-electron chi connectivity index (χ1n) is 10.2. The first-order valence-corrected chi connectivity index (χ1v) is 10.2. The van der Waals surface area contributed by atoms with E-state index in [0.29, 0.717) is 19.6 Å². The number of ether oxygens (including phenoxy) is 1. The van der Waals surface area contributed by atoms with Crippen molar-refractivity contribution < 1.29 is 9.53 Å². The fourth-order valence-electron chi connectivity index (χ4n) is 3.10. The lowest BCUT2D eigenvalue weighted by atomic mass is 10.1. The number of rotatable bonds is 10. The van der Waals surface area contributed by atoms with Gasteiger partial charge in [-0.05, 0) is 74.1 Å². The van der Waals surface area contributed by atoms with Crippen molar-refractivity contribution in [1.82, 2.24) is 15.1 Å². The van der Waals surface area contributed by atoms with Crippen LogP contribution < -0.4 is 10.1 Å². The second-order valence-corrected chi connectivity index (χ2v) is 7.29. The van der Waals surface area contributed by atoms with Gasteiger partial charge in [-0.2, -0.15) is 5.10 Å². The number of nitrogens with zero attached hydrogens (tertiary/aromatic N) is 2. The van der Waals surface area contributed by atoms with Crippen molar-refractivity contribution in [3.05, 3.63) is 77.6 Å². The number of benzene rings is 2. The molecule has 0 bridgehead atoms. The molecule has 1 N–H and O–H groups in total. The average molecular weight is 392 g/mol. The topological polar surface area (TPSA) is 56.1 Å². The molecular weight excluding hydrogens is 362 g/mol. The monoisotopic (exact) mass is 391 g/mol. The lowest BCUT2D eigenvalue weighted by molar-refractivity contribution is -0.121. The first kappa shape index (κ1) is 20.6. The van der Waals surface area contributed by atoms with E-state index in [2.05, 4.69) is 47.7 Å². The van der Waals surface area contributed by atoms with Crippen molar-refractivity contribution >= 4 is 5.91 Å². The smallest absolute Gasteiger partial charge is 0.220 e. The SMILES string of the molecule is Cc1ccc(C)c(OCCCCC(=O)NCCc2ccc(-n3cccn3)cc2)c1. The number of carbonyl (C=O) groups is 1. The molecule has 1 heterocycles. The number of unbranched alkanes of at least 4 members (excludes halogenated alkanes) is 1. The van der Waals surface area contributed by atoms with E-state index in [0.717, 1.165) is 36.3 Å². The molecule has 29 heavy (non-hydrogen) atoms. The lowest BCUT2D eigenvalue weighted by Crippen LogP contribution is -2.25. The number of aromatic nitrogens is 2. The Morgan fingerprint density at radius 2 is 1.93 bits per heavy atom. The lowest BCUT2D eigenvalue weighted by Gasteiger charge is -2.10. The summed E-state index contributed by atoms with van der Waals surface area (Å²) in [4.78, 5) is 12.0. The number of aryl methyl sites for hydroxylation is 2. The van der Waals surface area contributed by atoms with Crippen LogP contribution in [0.5, 0.6) is 5.75 Å². The van der Waals surface area contributed by atoms with Gasteiger partial charge in [0, 0.05) is 25.4 Å². The van der Waals surface area contributed by atoms with E-state index in [1.54, 1.807) is 6.20 Å². The van der Waals surface area contributed by atoms with E-state index in [1.807, 2.05) is 36.0 Å². The molecule has 0 saturated heterocycles. The molecule has 0 aliphatic carbocycles. The van der Waals surface area contributed by atoms with E-state index in [4.69, 9.17) is 4.74 Å². The maximum Gasteiger partial charge on any atom is 0.220 e. The highest BCUT2D eigenvalue weighted by atomic mass is 16.5. The van der Waals surface area contributed by atoms with Gasteiger partial charge in [0.25, 0.3) is 0 Å². The predicted octanol–water partition coefficient (Wildman–Crippen LogP) is 4.40. The van der Waals surface area contributed by atoms with Gasteiger partial charge in [-0.25, -0.2) is 4.68 Å². The molecule has 3 aromatic rings. The minimum atomic E-state index is 0.102. The molecule has 1 amide bonds. The Labute approximate surface area is 172 Å². The third-order valence-electron chi connectivity index (χ3n) is 4.84. The first-order chi connectivity index (χ1) is 14.1. The largest absolute Gasteiger partial charge is 0.493 e. The number of nitrogens with one attached hydrogen (secondary N) is 1. The molecule has 0 spiro atoms. The molecule has 0 atom stereocenters. The molecule has 5 heteroatoms. The fraction of sp³-hybridized carbons (Fsp3) is 0.333. The number of hydrogen-bond donors (Lipinski definition) is 1. The van der Waals surface area contributed by atoms with E-state index in [-0.39, 0.29) is 5.91 Å². The molecule has 2 aromatic carbocycles. The van der Waals surface area contributed by atoms with Crippen LogP contribution in [0.3, 0.4) is 0 Å². The normalized spacial score (nSPS) is 10.7. The van der Waals surface area contributed by atoms with Crippen LogP contribution in [0.15, 0.2) is 60.9 Å². The summed E-state index contributed by atoms with van der Waals surface area (Å²) in [5.74, 6) is 1.04. The van der Waals surface area contributed by atoms with E-state index < -0.39 is 0 Å². The van der Waals surface area contributed by atoms with Gasteiger partial charge >= 0.3 is 0 Å². The quantitative estimate of drug-likeness (QED) is 0.521. The van der Waals surface area contributed by atoms with Crippen LogP contribution in [-0.4, -0.2) is 28.8 Å². The molecular formula is C24H29N3O2. The van der Waals surface area contributed by atoms with Crippen molar-refractivity contribution in [2.24, 2.45) is 0 Å². The molecule has 0 radical (unpaired) electrons. The van der Waals surface area contributed by atoms with Crippen LogP contribution in [0.4, 0.5) is 0 Å². The second kappa shape index (κ2) is 10.5. The summed E-state index contributed by atoms with van der Waals surface area (Å²) in [6.45, 7) is 5.40. The standard InChI is InChI=1S/C24H29N3O2/c1-19-7-8-20(2)23(18-19)29-17-4-3-6-24(28)25-15-13-21-9-11-22(12-10-21)27-16-5-14-26-27/h5,7-12,14,16,18H,3-4,6,13,15,17H2,1-2H3,(H,25,28). The predicted molar refractivity (Wildman–Crippen MR) is 116 cm³/mol. The molecule has 0 saturated carbocycles. The maximum atomic E-state index is 12.0. The second-order valence-electron chi connectivity index (χ2n) is 7.29. The number of hydrogen-bond acceptors (Lipinski definition) is 3. The molecule has 0 aliphatic rings. The maximum absolute atomic E-state index is 12.0. The fourth-order valence-corrected chi connectivity index (χ4v) is 3.10. The van der Waals surface area contributed by atoms with Crippen LogP contribution >= 0.6 is 0 Å². The van der Waals surface area contributed by atoms with Crippen molar-refractivity contribution in [2.45, 2.75) is 39.5 Å². The summed E-state index contributed by atoms with van der Waals surface area (Å²) >= 11 is 0. The van der Waals surface area contributed by atoms with Gasteiger partial charge in [0.15, 0.2) is 0 Å². The summed E-state index contributed by atoms with van der Waals surface area (Å²) in [5.41, 5.74) is 4.57. The van der Waals surface area contributed by atoms with Gasteiger partial charge in [-0.3, -0.25) is 4.79 Å². The Bertz CT molecular complexity index is 902. The molecule has 0 unspecified atom stereocenters. The van der Waals surface area contributed by atoms with Gasteiger partial charge in [0.1, 0.15) is 5.75 Å². The third-order valence-corrected chi connectivity index (χ3v) is 4.84. The van der Waals surface area contributed by atoms with Crippen LogP contribution in [0, 0.1) is 13.8 Å². The Hall–Kier alpha value is -3.08. The van der Waals surface area contributed by atoms with Gasteiger partial charge in [0.2, 0.25) is 5.91 Å². The Balaban J connectivity index is 1.29. The number of carbonyl (C=O) groups excluding carboxylic acids is 1. The highest BCUT2D eigenvalue weighted by Gasteiger charge is 2.03. The zero-order valence-electron chi connectivity index (χ0n) is 17.2. The van der Waals surface area contributed by atoms with Crippen LogP contribution in [-0.2, 0) is 11.2 Å². The summed E-state index contributed by atoms with van der Waals surface area (Å²) < 4.78 is 7.67. The molecule has 0 aliphatic heterocycles. The Morgan fingerprint density at radius 3 is 2.69 bits per heavy atom. The third kappa shape index (κ3) is 6.49. The van der Waals surface area contributed by atoms with Gasteiger partial charge in [-0.15, -0.1) is 0 Å². The van der Waals surface area contributed by atoms with Crippen molar-refractivity contribution in [3.63, 3.8) is 0 Å². The molecule has 3 rings (SSSR count). The van der Waals surface area contributed by atoms with E-state index in [9.17, 15) is 4.79 Å². The van der Waals surface area contributed by atoms with Gasteiger partial charge < -0.3 is 10.1 Å². The van der Waals surface area contributed by atoms with Crippen LogP contribution in [0.25, 0.3) is 5.69 Å². The summed E-state index contributed by atoms with van der Waals surface area (Å²) in [6, 6.07) is 16.4. The van der Waals surface area contributed by atoms with E-state index in [1.165, 1.54) is 11.1 Å². The molecule has 5 nitrogen and oxygen atoms in total. The van der Waals surface area contributed by atoms with E-state index >= 15 is 0 Å². The highest BCUT2D eigenvalue weighted by molar-refractivity contribution is 5.75. The van der Waals surface area contributed by atoms with Gasteiger partial charge in [-0.1, -0.05) is 24.3 Å². The Morgan fingerprint density at radius 1 is 1.10 bits per heavy atom. The molecule has 1 aromatic heterocycles. The number of amides is 1. The zero-order valence-corrected chi connectivity index (χ0v) is 17.2. The van der Waals surface area contributed by atoms with Crippen LogP contribution in [0.2, 0.25) is 0 Å². The van der Waals surface area contributed by atoms with Crippen molar-refractivity contribution in [3.8, 4) is 11.4 Å². The Kier molecular flexibility index (Phi) is 7.45. The van der Waals surface area contributed by atoms with Crippen LogP contribution in [0.1, 0.15) is 36.0 Å². The minimum absolute atomic E-state index is 0.102. The zero-order chi connectivity index (χ0) is 20.5. The highest BCUT2D eigenvalue weighted by Crippen LogP contribution is 2.19. The van der Waals surface area contributed by atoms with Crippen molar-refractivity contribution in [1.29, 1.82) is 0 Å². The summed E-state index contributed by atoms with van der Waals surface area (Å²) in [6.07, 6.45) is 6.74.